The van der Waals surface area contributed by atoms with E-state index < -0.39 is 23.4 Å². The van der Waals surface area contributed by atoms with Gasteiger partial charge in [-0.2, -0.15) is 0 Å². The fraction of sp³-hybridized carbons (Fsp3) is 0.214. The smallest absolute Gasteiger partial charge is 0.352 e. The lowest BCUT2D eigenvalue weighted by Gasteiger charge is -2.16. The van der Waals surface area contributed by atoms with E-state index in [2.05, 4.69) is 0 Å². The summed E-state index contributed by atoms with van der Waals surface area (Å²) in [5, 5.41) is 9.09. The third-order valence-corrected chi connectivity index (χ3v) is 2.96. The van der Waals surface area contributed by atoms with Crippen molar-refractivity contribution in [2.45, 2.75) is 19.9 Å². The van der Waals surface area contributed by atoms with Gasteiger partial charge >= 0.3 is 5.97 Å². The van der Waals surface area contributed by atoms with Crippen molar-refractivity contribution >= 4 is 5.97 Å². The molecule has 0 unspecified atom stereocenters. The van der Waals surface area contributed by atoms with Gasteiger partial charge in [0.1, 0.15) is 5.69 Å². The maximum Gasteiger partial charge on any atom is 0.352 e. The third kappa shape index (κ3) is 2.17. The van der Waals surface area contributed by atoms with Crippen LogP contribution in [0.1, 0.15) is 30.4 Å². The molecule has 0 aliphatic carbocycles. The maximum absolute atomic E-state index is 13.8. The Kier molecular flexibility index (Phi) is 3.57. The van der Waals surface area contributed by atoms with Crippen LogP contribution in [0.15, 0.2) is 24.3 Å². The van der Waals surface area contributed by atoms with Gasteiger partial charge in [0.15, 0.2) is 17.5 Å². The second-order valence-corrected chi connectivity index (χ2v) is 4.60. The van der Waals surface area contributed by atoms with Crippen LogP contribution in [-0.4, -0.2) is 15.6 Å². The molecule has 0 saturated heterocycles. The Morgan fingerprint density at radius 1 is 1.10 bits per heavy atom. The Balaban J connectivity index is 2.71. The first-order valence-corrected chi connectivity index (χ1v) is 5.93. The van der Waals surface area contributed by atoms with Crippen LogP contribution in [0, 0.1) is 17.5 Å². The molecule has 0 bridgehead atoms. The normalized spacial score (nSPS) is 11.1. The van der Waals surface area contributed by atoms with Crippen LogP contribution in [0.4, 0.5) is 13.2 Å². The van der Waals surface area contributed by atoms with Gasteiger partial charge in [-0.25, -0.2) is 18.0 Å². The number of hydrogen-bond donors (Lipinski definition) is 1. The number of aromatic nitrogens is 1. The summed E-state index contributed by atoms with van der Waals surface area (Å²) in [6, 6.07) is 4.30. The molecule has 1 aromatic carbocycles. The molecule has 0 fully saturated rings. The molecule has 20 heavy (non-hydrogen) atoms. The molecule has 0 amide bonds. The standard InChI is InChI=1S/C14H12F3NO2/c1-7(2)18-10(5-6-11(18)14(19)20)8-3-4-9(15)13(17)12(8)16/h3-7H,1-2H3,(H,19,20). The van der Waals surface area contributed by atoms with Gasteiger partial charge in [-0.3, -0.25) is 0 Å². The van der Waals surface area contributed by atoms with Crippen molar-refractivity contribution in [2.24, 2.45) is 0 Å². The number of carbonyl (C=O) groups is 1. The van der Waals surface area contributed by atoms with E-state index in [1.807, 2.05) is 0 Å². The molecular formula is C14H12F3NO2. The van der Waals surface area contributed by atoms with Crippen molar-refractivity contribution in [3.63, 3.8) is 0 Å². The zero-order valence-electron chi connectivity index (χ0n) is 10.8. The molecule has 1 heterocycles. The second-order valence-electron chi connectivity index (χ2n) is 4.60. The Bertz CT molecular complexity index is 677. The molecule has 1 aromatic heterocycles. The summed E-state index contributed by atoms with van der Waals surface area (Å²) in [6.45, 7) is 3.43. The average molecular weight is 283 g/mol. The number of hydrogen-bond acceptors (Lipinski definition) is 1. The van der Waals surface area contributed by atoms with Crippen molar-refractivity contribution in [3.8, 4) is 11.3 Å². The monoisotopic (exact) mass is 283 g/mol. The summed E-state index contributed by atoms with van der Waals surface area (Å²) in [5.41, 5.74) is -0.0296. The number of benzene rings is 1. The molecule has 2 rings (SSSR count). The molecular weight excluding hydrogens is 271 g/mol. The van der Waals surface area contributed by atoms with Crippen molar-refractivity contribution in [1.29, 1.82) is 0 Å². The van der Waals surface area contributed by atoms with Crippen LogP contribution in [0.25, 0.3) is 11.3 Å². The number of aromatic carboxylic acids is 1. The van der Waals surface area contributed by atoms with Crippen molar-refractivity contribution in [3.05, 3.63) is 47.4 Å². The van der Waals surface area contributed by atoms with Gasteiger partial charge in [0.25, 0.3) is 0 Å². The van der Waals surface area contributed by atoms with Crippen molar-refractivity contribution in [2.75, 3.05) is 0 Å². The van der Waals surface area contributed by atoms with E-state index in [0.717, 1.165) is 12.1 Å². The van der Waals surface area contributed by atoms with E-state index in [1.165, 1.54) is 16.7 Å². The minimum atomic E-state index is -1.57. The number of nitrogens with zero attached hydrogens (tertiary/aromatic N) is 1. The summed E-state index contributed by atoms with van der Waals surface area (Å²) >= 11 is 0. The van der Waals surface area contributed by atoms with Crippen LogP contribution in [0.5, 0.6) is 0 Å². The second kappa shape index (κ2) is 5.03. The lowest BCUT2D eigenvalue weighted by Crippen LogP contribution is -2.12. The van der Waals surface area contributed by atoms with E-state index in [-0.39, 0.29) is 23.0 Å². The van der Waals surface area contributed by atoms with E-state index in [9.17, 15) is 18.0 Å². The summed E-state index contributed by atoms with van der Waals surface area (Å²) in [5.74, 6) is -5.36. The summed E-state index contributed by atoms with van der Waals surface area (Å²) < 4.78 is 41.4. The lowest BCUT2D eigenvalue weighted by molar-refractivity contribution is 0.0683. The largest absolute Gasteiger partial charge is 0.477 e. The molecule has 0 saturated carbocycles. The van der Waals surface area contributed by atoms with Crippen LogP contribution >= 0.6 is 0 Å². The maximum atomic E-state index is 13.8. The Labute approximate surface area is 113 Å². The molecule has 3 nitrogen and oxygen atoms in total. The first kappa shape index (κ1) is 14.2. The molecule has 0 aliphatic heterocycles. The predicted molar refractivity (Wildman–Crippen MR) is 67.1 cm³/mol. The lowest BCUT2D eigenvalue weighted by atomic mass is 10.1. The number of carboxylic acid groups (broad SMARTS) is 1. The highest BCUT2D eigenvalue weighted by atomic mass is 19.2. The highest BCUT2D eigenvalue weighted by molar-refractivity contribution is 5.87. The van der Waals surface area contributed by atoms with Crippen molar-refractivity contribution in [1.82, 2.24) is 4.57 Å². The highest BCUT2D eigenvalue weighted by Gasteiger charge is 2.22. The zero-order valence-corrected chi connectivity index (χ0v) is 10.8. The van der Waals surface area contributed by atoms with Crippen LogP contribution in [-0.2, 0) is 0 Å². The first-order valence-electron chi connectivity index (χ1n) is 5.93. The van der Waals surface area contributed by atoms with Gasteiger partial charge in [0, 0.05) is 11.6 Å². The number of carboxylic acids is 1. The Hall–Kier alpha value is -2.24. The van der Waals surface area contributed by atoms with E-state index >= 15 is 0 Å². The van der Waals surface area contributed by atoms with E-state index in [0.29, 0.717) is 0 Å². The SMILES string of the molecule is CC(C)n1c(C(=O)O)ccc1-c1ccc(F)c(F)c1F. The van der Waals surface area contributed by atoms with Crippen LogP contribution in [0.2, 0.25) is 0 Å². The molecule has 6 heteroatoms. The average Bonchev–Trinajstić information content (AvgIpc) is 2.81. The molecule has 0 radical (unpaired) electrons. The summed E-state index contributed by atoms with van der Waals surface area (Å²) in [6.07, 6.45) is 0. The predicted octanol–water partition coefficient (Wildman–Crippen LogP) is 3.85. The van der Waals surface area contributed by atoms with Crippen molar-refractivity contribution < 1.29 is 23.1 Å². The number of halogens is 3. The molecule has 0 spiro atoms. The quantitative estimate of drug-likeness (QED) is 0.869. The molecule has 0 aliphatic rings. The van der Waals surface area contributed by atoms with Gasteiger partial charge in [-0.15, -0.1) is 0 Å². The van der Waals surface area contributed by atoms with E-state index in [1.54, 1.807) is 13.8 Å². The first-order chi connectivity index (χ1) is 9.34. The fourth-order valence-electron chi connectivity index (χ4n) is 2.12. The summed E-state index contributed by atoms with van der Waals surface area (Å²) in [7, 11) is 0. The Morgan fingerprint density at radius 2 is 1.75 bits per heavy atom. The van der Waals surface area contributed by atoms with Gasteiger partial charge in [-0.1, -0.05) is 0 Å². The van der Waals surface area contributed by atoms with E-state index in [4.69, 9.17) is 5.11 Å². The molecule has 0 atom stereocenters. The summed E-state index contributed by atoms with van der Waals surface area (Å²) in [4.78, 5) is 11.1. The third-order valence-electron chi connectivity index (χ3n) is 2.96. The molecule has 1 N–H and O–H groups in total. The number of rotatable bonds is 3. The highest BCUT2D eigenvalue weighted by Crippen LogP contribution is 2.30. The zero-order chi connectivity index (χ0) is 15.0. The van der Waals surface area contributed by atoms with Gasteiger partial charge in [-0.05, 0) is 38.1 Å². The minimum absolute atomic E-state index is 0.0425. The topological polar surface area (TPSA) is 42.2 Å². The van der Waals surface area contributed by atoms with Gasteiger partial charge < -0.3 is 9.67 Å². The Morgan fingerprint density at radius 3 is 2.30 bits per heavy atom. The molecule has 106 valence electrons. The minimum Gasteiger partial charge on any atom is -0.477 e. The van der Waals surface area contributed by atoms with Crippen LogP contribution in [0.3, 0.4) is 0 Å². The molecule has 2 aromatic rings. The van der Waals surface area contributed by atoms with Gasteiger partial charge in [0.2, 0.25) is 0 Å². The van der Waals surface area contributed by atoms with Crippen LogP contribution < -0.4 is 0 Å². The fourth-order valence-corrected chi connectivity index (χ4v) is 2.12. The van der Waals surface area contributed by atoms with Gasteiger partial charge in [0.05, 0.1) is 5.69 Å².